The summed E-state index contributed by atoms with van der Waals surface area (Å²) >= 11 is 5.63. The molecule has 0 aromatic heterocycles. The first-order valence-electron chi connectivity index (χ1n) is 6.07. The van der Waals surface area contributed by atoms with Crippen LogP contribution < -0.4 is 0 Å². The second-order valence-electron chi connectivity index (χ2n) is 4.57. The van der Waals surface area contributed by atoms with Crippen molar-refractivity contribution in [2.24, 2.45) is 0 Å². The van der Waals surface area contributed by atoms with Gasteiger partial charge in [0.1, 0.15) is 0 Å². The van der Waals surface area contributed by atoms with Gasteiger partial charge in [-0.1, -0.05) is 12.2 Å². The fourth-order valence-electron chi connectivity index (χ4n) is 2.74. The molecule has 2 fully saturated rings. The predicted octanol–water partition coefficient (Wildman–Crippen LogP) is 1.95. The average molecular weight is 229 g/mol. The second kappa shape index (κ2) is 5.88. The predicted molar refractivity (Wildman–Crippen MR) is 65.5 cm³/mol. The molecule has 2 heterocycles. The van der Waals surface area contributed by atoms with E-state index in [9.17, 15) is 0 Å². The molecule has 0 aromatic carbocycles. The zero-order valence-electron chi connectivity index (χ0n) is 9.37. The highest BCUT2D eigenvalue weighted by atomic mass is 35.5. The van der Waals surface area contributed by atoms with Gasteiger partial charge in [-0.2, -0.15) is 0 Å². The highest BCUT2D eigenvalue weighted by molar-refractivity contribution is 6.18. The van der Waals surface area contributed by atoms with Crippen molar-refractivity contribution in [3.8, 4) is 0 Å². The van der Waals surface area contributed by atoms with Crippen LogP contribution in [0.2, 0.25) is 0 Å². The molecular weight excluding hydrogens is 208 g/mol. The molecule has 0 aliphatic carbocycles. The molecule has 2 rings (SSSR count). The molecule has 86 valence electrons. The standard InChI is InChI=1S/C12H21ClN2/c13-6-1-2-7-14-8-4-10-15-9-3-5-12(15)11-14/h1-2,12H,3-11H2/b2-1+. The summed E-state index contributed by atoms with van der Waals surface area (Å²) in [4.78, 5) is 5.24. The summed E-state index contributed by atoms with van der Waals surface area (Å²) in [6.45, 7) is 6.22. The molecule has 0 amide bonds. The van der Waals surface area contributed by atoms with E-state index in [2.05, 4.69) is 22.0 Å². The van der Waals surface area contributed by atoms with Gasteiger partial charge in [-0.15, -0.1) is 11.6 Å². The normalized spacial score (nSPS) is 29.5. The lowest BCUT2D eigenvalue weighted by atomic mass is 10.2. The van der Waals surface area contributed by atoms with Gasteiger partial charge in [0.05, 0.1) is 0 Å². The van der Waals surface area contributed by atoms with Crippen LogP contribution >= 0.6 is 11.6 Å². The van der Waals surface area contributed by atoms with E-state index in [0.717, 1.165) is 12.6 Å². The summed E-state index contributed by atoms with van der Waals surface area (Å²) in [6.07, 6.45) is 8.38. The maximum atomic E-state index is 5.63. The Bertz CT molecular complexity index is 218. The Morgan fingerprint density at radius 3 is 2.87 bits per heavy atom. The van der Waals surface area contributed by atoms with Crippen LogP contribution in [-0.2, 0) is 0 Å². The topological polar surface area (TPSA) is 6.48 Å². The monoisotopic (exact) mass is 228 g/mol. The Labute approximate surface area is 97.9 Å². The first-order valence-corrected chi connectivity index (χ1v) is 6.61. The van der Waals surface area contributed by atoms with Crippen molar-refractivity contribution in [2.45, 2.75) is 25.3 Å². The first kappa shape index (κ1) is 11.4. The van der Waals surface area contributed by atoms with Crippen LogP contribution in [0.3, 0.4) is 0 Å². The van der Waals surface area contributed by atoms with Crippen molar-refractivity contribution >= 4 is 11.6 Å². The molecule has 1 unspecified atom stereocenters. The second-order valence-corrected chi connectivity index (χ2v) is 4.88. The molecule has 0 bridgehead atoms. The fourth-order valence-corrected chi connectivity index (χ4v) is 2.86. The molecule has 2 aliphatic rings. The molecular formula is C12H21ClN2. The zero-order valence-corrected chi connectivity index (χ0v) is 10.1. The number of hydrogen-bond acceptors (Lipinski definition) is 2. The number of rotatable bonds is 3. The van der Waals surface area contributed by atoms with Crippen molar-refractivity contribution < 1.29 is 0 Å². The molecule has 1 atom stereocenters. The average Bonchev–Trinajstić information content (AvgIpc) is 2.58. The minimum atomic E-state index is 0.642. The van der Waals surface area contributed by atoms with Gasteiger partial charge in [-0.3, -0.25) is 9.80 Å². The molecule has 0 aromatic rings. The summed E-state index contributed by atoms with van der Waals surface area (Å²) in [6, 6.07) is 0.830. The van der Waals surface area contributed by atoms with Gasteiger partial charge < -0.3 is 0 Å². The Morgan fingerprint density at radius 2 is 2.00 bits per heavy atom. The van der Waals surface area contributed by atoms with Gasteiger partial charge in [0.15, 0.2) is 0 Å². The van der Waals surface area contributed by atoms with Gasteiger partial charge in [-0.05, 0) is 38.9 Å². The summed E-state index contributed by atoms with van der Waals surface area (Å²) in [5.41, 5.74) is 0. The Balaban J connectivity index is 1.82. The zero-order chi connectivity index (χ0) is 10.5. The molecule has 3 heteroatoms. The minimum Gasteiger partial charge on any atom is -0.299 e. The summed E-state index contributed by atoms with van der Waals surface area (Å²) < 4.78 is 0. The molecule has 0 spiro atoms. The number of nitrogens with zero attached hydrogens (tertiary/aromatic N) is 2. The Hall–Kier alpha value is -0.0500. The van der Waals surface area contributed by atoms with Crippen LogP contribution in [0.25, 0.3) is 0 Å². The van der Waals surface area contributed by atoms with E-state index < -0.39 is 0 Å². The van der Waals surface area contributed by atoms with Crippen molar-refractivity contribution in [2.75, 3.05) is 38.6 Å². The molecule has 0 N–H and O–H groups in total. The number of fused-ring (bicyclic) bond motifs is 1. The number of hydrogen-bond donors (Lipinski definition) is 0. The van der Waals surface area contributed by atoms with Crippen LogP contribution in [0.4, 0.5) is 0 Å². The third kappa shape index (κ3) is 3.20. The van der Waals surface area contributed by atoms with Crippen molar-refractivity contribution in [1.82, 2.24) is 9.80 Å². The van der Waals surface area contributed by atoms with Crippen LogP contribution in [0, 0.1) is 0 Å². The third-order valence-corrected chi connectivity index (χ3v) is 3.69. The summed E-state index contributed by atoms with van der Waals surface area (Å²) in [5, 5.41) is 0. The molecule has 15 heavy (non-hydrogen) atoms. The molecule has 2 saturated heterocycles. The van der Waals surface area contributed by atoms with Gasteiger partial charge in [0.25, 0.3) is 0 Å². The Kier molecular flexibility index (Phi) is 4.48. The van der Waals surface area contributed by atoms with E-state index >= 15 is 0 Å². The van der Waals surface area contributed by atoms with E-state index in [1.165, 1.54) is 45.4 Å². The third-order valence-electron chi connectivity index (χ3n) is 3.51. The number of alkyl halides is 1. The van der Waals surface area contributed by atoms with Crippen molar-refractivity contribution in [3.05, 3.63) is 12.2 Å². The van der Waals surface area contributed by atoms with Crippen molar-refractivity contribution in [3.63, 3.8) is 0 Å². The first-order chi connectivity index (χ1) is 7.40. The lowest BCUT2D eigenvalue weighted by Gasteiger charge is -2.24. The molecule has 2 aliphatic heterocycles. The van der Waals surface area contributed by atoms with E-state index in [-0.39, 0.29) is 0 Å². The number of halogens is 1. The maximum absolute atomic E-state index is 5.63. The largest absolute Gasteiger partial charge is 0.299 e. The van der Waals surface area contributed by atoms with Gasteiger partial charge in [0, 0.05) is 25.0 Å². The quantitative estimate of drug-likeness (QED) is 0.538. The van der Waals surface area contributed by atoms with Gasteiger partial charge in [-0.25, -0.2) is 0 Å². The maximum Gasteiger partial charge on any atom is 0.0404 e. The van der Waals surface area contributed by atoms with Gasteiger partial charge >= 0.3 is 0 Å². The summed E-state index contributed by atoms with van der Waals surface area (Å²) in [7, 11) is 0. The van der Waals surface area contributed by atoms with Crippen LogP contribution in [0.15, 0.2) is 12.2 Å². The van der Waals surface area contributed by atoms with Crippen molar-refractivity contribution in [1.29, 1.82) is 0 Å². The fraction of sp³-hybridized carbons (Fsp3) is 0.833. The van der Waals surface area contributed by atoms with Crippen LogP contribution in [0.1, 0.15) is 19.3 Å². The van der Waals surface area contributed by atoms with E-state index in [0.29, 0.717) is 5.88 Å². The van der Waals surface area contributed by atoms with E-state index in [1.54, 1.807) is 0 Å². The van der Waals surface area contributed by atoms with Crippen LogP contribution in [-0.4, -0.2) is 54.4 Å². The number of allylic oxidation sites excluding steroid dienone is 1. The van der Waals surface area contributed by atoms with E-state index in [1.807, 2.05) is 0 Å². The van der Waals surface area contributed by atoms with E-state index in [4.69, 9.17) is 11.6 Å². The highest BCUT2D eigenvalue weighted by Crippen LogP contribution is 2.20. The van der Waals surface area contributed by atoms with Gasteiger partial charge in [0.2, 0.25) is 0 Å². The minimum absolute atomic E-state index is 0.642. The smallest absolute Gasteiger partial charge is 0.0404 e. The lowest BCUT2D eigenvalue weighted by Crippen LogP contribution is -2.36. The lowest BCUT2D eigenvalue weighted by molar-refractivity contribution is 0.231. The summed E-state index contributed by atoms with van der Waals surface area (Å²) in [5.74, 6) is 0.642. The molecule has 2 nitrogen and oxygen atoms in total. The highest BCUT2D eigenvalue weighted by Gasteiger charge is 2.27. The van der Waals surface area contributed by atoms with Crippen LogP contribution in [0.5, 0.6) is 0 Å². The SMILES string of the molecule is ClC/C=C/CN1CCCN2CCCC2C1. The Morgan fingerprint density at radius 1 is 1.13 bits per heavy atom. The molecule has 0 radical (unpaired) electrons. The molecule has 0 saturated carbocycles.